The van der Waals surface area contributed by atoms with Crippen molar-refractivity contribution < 1.29 is 0 Å². The normalized spacial score (nSPS) is 17.4. The van der Waals surface area contributed by atoms with Gasteiger partial charge in [-0.15, -0.1) is 0 Å². The molecule has 1 saturated heterocycles. The van der Waals surface area contributed by atoms with Crippen molar-refractivity contribution in [2.24, 2.45) is 0 Å². The van der Waals surface area contributed by atoms with Gasteiger partial charge in [-0.25, -0.2) is 19.9 Å². The van der Waals surface area contributed by atoms with E-state index in [1.54, 1.807) is 6.20 Å². The van der Waals surface area contributed by atoms with Crippen LogP contribution in [-0.4, -0.2) is 50.7 Å². The third-order valence-corrected chi connectivity index (χ3v) is 5.32. The highest BCUT2D eigenvalue weighted by Gasteiger charge is 2.27. The van der Waals surface area contributed by atoms with Crippen molar-refractivity contribution in [3.63, 3.8) is 0 Å². The van der Waals surface area contributed by atoms with Crippen molar-refractivity contribution in [2.45, 2.75) is 25.7 Å². The summed E-state index contributed by atoms with van der Waals surface area (Å²) in [5, 5.41) is 0. The van der Waals surface area contributed by atoms with Crippen LogP contribution in [0.4, 0.5) is 11.6 Å². The van der Waals surface area contributed by atoms with Crippen molar-refractivity contribution in [1.82, 2.24) is 24.5 Å². The number of aromatic nitrogens is 5. The average Bonchev–Trinajstić information content (AvgIpc) is 3.49. The number of aryl methyl sites for hydroxylation is 1. The molecule has 1 aliphatic heterocycles. The predicted molar refractivity (Wildman–Crippen MR) is 105 cm³/mol. The highest BCUT2D eigenvalue weighted by molar-refractivity contribution is 5.47. The van der Waals surface area contributed by atoms with Crippen molar-refractivity contribution in [2.75, 3.05) is 36.0 Å². The van der Waals surface area contributed by atoms with E-state index in [0.717, 1.165) is 55.3 Å². The van der Waals surface area contributed by atoms with Crippen molar-refractivity contribution in [3.05, 3.63) is 54.5 Å². The molecule has 1 saturated carbocycles. The quantitative estimate of drug-likeness (QED) is 0.712. The fourth-order valence-corrected chi connectivity index (χ4v) is 3.59. The second-order valence-electron chi connectivity index (χ2n) is 7.22. The fraction of sp³-hybridized carbons (Fsp3) is 0.400. The van der Waals surface area contributed by atoms with Crippen LogP contribution in [0.25, 0.3) is 5.82 Å². The maximum Gasteiger partial charge on any atom is 0.140 e. The standard InChI is InChI=1S/C20H23N7/c1-15-21-9-10-27(15)19-4-2-3-17(23-19)25-11-13-26(14-12-25)18-7-8-22-20(24-18)16-5-6-16/h2-4,7-10,16H,5-6,11-14H2,1H3. The monoisotopic (exact) mass is 361 g/mol. The summed E-state index contributed by atoms with van der Waals surface area (Å²) in [4.78, 5) is 23.1. The molecule has 0 unspecified atom stereocenters. The van der Waals surface area contributed by atoms with Gasteiger partial charge in [0.15, 0.2) is 0 Å². The third kappa shape index (κ3) is 3.25. The van der Waals surface area contributed by atoms with Crippen LogP contribution in [0.1, 0.15) is 30.4 Å². The molecule has 0 atom stereocenters. The van der Waals surface area contributed by atoms with Crippen LogP contribution < -0.4 is 9.80 Å². The van der Waals surface area contributed by atoms with Crippen LogP contribution in [0.2, 0.25) is 0 Å². The van der Waals surface area contributed by atoms with E-state index in [4.69, 9.17) is 9.97 Å². The van der Waals surface area contributed by atoms with Crippen LogP contribution in [0, 0.1) is 6.92 Å². The smallest absolute Gasteiger partial charge is 0.140 e. The number of piperazine rings is 1. The first-order chi connectivity index (χ1) is 13.3. The first kappa shape index (κ1) is 16.2. The van der Waals surface area contributed by atoms with Crippen LogP contribution >= 0.6 is 0 Å². The van der Waals surface area contributed by atoms with Crippen molar-refractivity contribution >= 4 is 11.6 Å². The van der Waals surface area contributed by atoms with Gasteiger partial charge in [-0.2, -0.15) is 0 Å². The second-order valence-corrected chi connectivity index (χ2v) is 7.22. The Hall–Kier alpha value is -2.96. The summed E-state index contributed by atoms with van der Waals surface area (Å²) >= 11 is 0. The predicted octanol–water partition coefficient (Wildman–Crippen LogP) is 2.57. The van der Waals surface area contributed by atoms with Gasteiger partial charge in [-0.3, -0.25) is 4.57 Å². The van der Waals surface area contributed by atoms with Crippen molar-refractivity contribution in [1.29, 1.82) is 0 Å². The summed E-state index contributed by atoms with van der Waals surface area (Å²) in [5.74, 6) is 5.53. The number of anilines is 2. The lowest BCUT2D eigenvalue weighted by Gasteiger charge is -2.36. The van der Waals surface area contributed by atoms with Gasteiger partial charge in [-0.05, 0) is 38.0 Å². The molecule has 1 aliphatic carbocycles. The Bertz CT molecular complexity index is 939. The highest BCUT2D eigenvalue weighted by Crippen LogP contribution is 2.38. The topological polar surface area (TPSA) is 63.0 Å². The number of imidazole rings is 1. The third-order valence-electron chi connectivity index (χ3n) is 5.32. The summed E-state index contributed by atoms with van der Waals surface area (Å²) in [6.45, 7) is 5.74. The molecule has 7 heteroatoms. The molecule has 0 N–H and O–H groups in total. The molecule has 2 fully saturated rings. The lowest BCUT2D eigenvalue weighted by molar-refractivity contribution is 0.638. The molecule has 0 spiro atoms. The average molecular weight is 361 g/mol. The number of hydrogen-bond acceptors (Lipinski definition) is 6. The fourth-order valence-electron chi connectivity index (χ4n) is 3.59. The molecular formula is C20H23N7. The van der Waals surface area contributed by atoms with Crippen LogP contribution in [0.3, 0.4) is 0 Å². The molecule has 0 aromatic carbocycles. The highest BCUT2D eigenvalue weighted by atomic mass is 15.3. The van der Waals surface area contributed by atoms with E-state index in [2.05, 4.69) is 31.9 Å². The van der Waals surface area contributed by atoms with E-state index < -0.39 is 0 Å². The van der Waals surface area contributed by atoms with Gasteiger partial charge in [0.1, 0.15) is 29.1 Å². The molecule has 4 heterocycles. The minimum Gasteiger partial charge on any atom is -0.353 e. The summed E-state index contributed by atoms with van der Waals surface area (Å²) in [7, 11) is 0. The number of pyridine rings is 1. The van der Waals surface area contributed by atoms with E-state index in [1.807, 2.05) is 36.0 Å². The van der Waals surface area contributed by atoms with E-state index in [1.165, 1.54) is 12.8 Å². The van der Waals surface area contributed by atoms with Gasteiger partial charge < -0.3 is 9.80 Å². The first-order valence-corrected chi connectivity index (χ1v) is 9.58. The van der Waals surface area contributed by atoms with E-state index in [0.29, 0.717) is 5.92 Å². The first-order valence-electron chi connectivity index (χ1n) is 9.58. The van der Waals surface area contributed by atoms with E-state index in [9.17, 15) is 0 Å². The number of nitrogens with zero attached hydrogens (tertiary/aromatic N) is 7. The van der Waals surface area contributed by atoms with E-state index in [-0.39, 0.29) is 0 Å². The molecule has 27 heavy (non-hydrogen) atoms. The largest absolute Gasteiger partial charge is 0.353 e. The summed E-state index contributed by atoms with van der Waals surface area (Å²) in [6.07, 6.45) is 8.12. The summed E-state index contributed by atoms with van der Waals surface area (Å²) < 4.78 is 2.01. The number of rotatable bonds is 4. The van der Waals surface area contributed by atoms with Crippen LogP contribution in [0.5, 0.6) is 0 Å². The molecule has 3 aromatic heterocycles. The minimum absolute atomic E-state index is 0.588. The molecule has 0 bridgehead atoms. The minimum atomic E-state index is 0.588. The van der Waals surface area contributed by atoms with Gasteiger partial charge in [-0.1, -0.05) is 6.07 Å². The Kier molecular flexibility index (Phi) is 3.99. The zero-order valence-corrected chi connectivity index (χ0v) is 15.5. The molecule has 0 radical (unpaired) electrons. The zero-order chi connectivity index (χ0) is 18.2. The Morgan fingerprint density at radius 3 is 2.19 bits per heavy atom. The Morgan fingerprint density at radius 1 is 0.815 bits per heavy atom. The molecule has 138 valence electrons. The molecule has 3 aromatic rings. The molecule has 2 aliphatic rings. The van der Waals surface area contributed by atoms with Gasteiger partial charge >= 0.3 is 0 Å². The van der Waals surface area contributed by atoms with Crippen LogP contribution in [0.15, 0.2) is 42.9 Å². The number of hydrogen-bond donors (Lipinski definition) is 0. The lowest BCUT2D eigenvalue weighted by atomic mass is 10.3. The van der Waals surface area contributed by atoms with Gasteiger partial charge in [0.2, 0.25) is 0 Å². The van der Waals surface area contributed by atoms with E-state index >= 15 is 0 Å². The maximum atomic E-state index is 4.85. The van der Waals surface area contributed by atoms with Gasteiger partial charge in [0.25, 0.3) is 0 Å². The lowest BCUT2D eigenvalue weighted by Crippen LogP contribution is -2.47. The second kappa shape index (κ2) is 6.64. The summed E-state index contributed by atoms with van der Waals surface area (Å²) in [5.41, 5.74) is 0. The Morgan fingerprint density at radius 2 is 1.52 bits per heavy atom. The molecule has 5 rings (SSSR count). The van der Waals surface area contributed by atoms with Gasteiger partial charge in [0, 0.05) is 50.7 Å². The molecular weight excluding hydrogens is 338 g/mol. The zero-order valence-electron chi connectivity index (χ0n) is 15.5. The van der Waals surface area contributed by atoms with Gasteiger partial charge in [0.05, 0.1) is 0 Å². The molecule has 7 nitrogen and oxygen atoms in total. The maximum absolute atomic E-state index is 4.85. The molecule has 0 amide bonds. The summed E-state index contributed by atoms with van der Waals surface area (Å²) in [6, 6.07) is 8.20. The Labute approximate surface area is 158 Å². The SMILES string of the molecule is Cc1nccn1-c1cccc(N2CCN(c3ccnc(C4CC4)n3)CC2)n1. The Balaban J connectivity index is 1.29. The van der Waals surface area contributed by atoms with Crippen LogP contribution in [-0.2, 0) is 0 Å². The van der Waals surface area contributed by atoms with Crippen molar-refractivity contribution in [3.8, 4) is 5.82 Å².